The van der Waals surface area contributed by atoms with E-state index in [0.29, 0.717) is 21.9 Å². The number of halogens is 2. The smallest absolute Gasteiger partial charge is 0.131 e. The van der Waals surface area contributed by atoms with Gasteiger partial charge in [0.2, 0.25) is 0 Å². The topological polar surface area (TPSA) is 20.2 Å². The van der Waals surface area contributed by atoms with Crippen LogP contribution >= 0.6 is 0 Å². The van der Waals surface area contributed by atoms with Crippen LogP contribution < -0.4 is 0 Å². The summed E-state index contributed by atoms with van der Waals surface area (Å²) in [4.78, 5) is 0. The van der Waals surface area contributed by atoms with Gasteiger partial charge in [-0.15, -0.1) is 0 Å². The molecule has 3 heteroatoms. The first-order chi connectivity index (χ1) is 10.1. The summed E-state index contributed by atoms with van der Waals surface area (Å²) in [5, 5.41) is 10.4. The third-order valence-corrected chi connectivity index (χ3v) is 3.64. The molecule has 0 spiro atoms. The van der Waals surface area contributed by atoms with Crippen molar-refractivity contribution >= 4 is 10.8 Å². The molecule has 0 saturated heterocycles. The minimum Gasteiger partial charge on any atom is -0.508 e. The average molecular weight is 284 g/mol. The fraction of sp³-hybridized carbons (Fsp3) is 0.111. The quantitative estimate of drug-likeness (QED) is 0.698. The van der Waals surface area contributed by atoms with Crippen LogP contribution in [-0.2, 0) is 6.42 Å². The Bertz CT molecular complexity index is 825. The van der Waals surface area contributed by atoms with Crippen LogP contribution in [0.4, 0.5) is 8.78 Å². The fourth-order valence-electron chi connectivity index (χ4n) is 2.47. The Kier molecular flexibility index (Phi) is 3.34. The summed E-state index contributed by atoms with van der Waals surface area (Å²) >= 11 is 0. The zero-order chi connectivity index (χ0) is 15.0. The van der Waals surface area contributed by atoms with Gasteiger partial charge in [-0.05, 0) is 53.3 Å². The van der Waals surface area contributed by atoms with E-state index in [0.717, 1.165) is 12.0 Å². The van der Waals surface area contributed by atoms with Crippen molar-refractivity contribution in [1.82, 2.24) is 0 Å². The largest absolute Gasteiger partial charge is 0.508 e. The number of phenols is 1. The van der Waals surface area contributed by atoms with Crippen molar-refractivity contribution in [2.24, 2.45) is 0 Å². The van der Waals surface area contributed by atoms with Crippen molar-refractivity contribution in [2.75, 3.05) is 0 Å². The number of aromatic hydroxyl groups is 1. The van der Waals surface area contributed by atoms with Gasteiger partial charge < -0.3 is 5.11 Å². The number of hydrogen-bond acceptors (Lipinski definition) is 1. The zero-order valence-corrected chi connectivity index (χ0v) is 11.5. The van der Waals surface area contributed by atoms with E-state index in [4.69, 9.17) is 0 Å². The van der Waals surface area contributed by atoms with Gasteiger partial charge in [-0.3, -0.25) is 0 Å². The van der Waals surface area contributed by atoms with Crippen molar-refractivity contribution in [3.05, 3.63) is 65.7 Å². The molecule has 21 heavy (non-hydrogen) atoms. The third-order valence-electron chi connectivity index (χ3n) is 3.64. The maximum Gasteiger partial charge on any atom is 0.131 e. The Hall–Kier alpha value is -2.42. The first kappa shape index (κ1) is 13.6. The Morgan fingerprint density at radius 3 is 2.43 bits per heavy atom. The van der Waals surface area contributed by atoms with Crippen molar-refractivity contribution < 1.29 is 13.9 Å². The van der Waals surface area contributed by atoms with Crippen LogP contribution in [0.25, 0.3) is 21.9 Å². The number of phenolic OH excluding ortho intramolecular Hbond substituents is 1. The monoisotopic (exact) mass is 284 g/mol. The van der Waals surface area contributed by atoms with Gasteiger partial charge in [0.25, 0.3) is 0 Å². The van der Waals surface area contributed by atoms with Crippen LogP contribution in [0, 0.1) is 11.6 Å². The van der Waals surface area contributed by atoms with E-state index in [1.54, 1.807) is 18.2 Å². The van der Waals surface area contributed by atoms with Gasteiger partial charge >= 0.3 is 0 Å². The molecule has 0 atom stereocenters. The van der Waals surface area contributed by atoms with Crippen LogP contribution in [0.3, 0.4) is 0 Å². The van der Waals surface area contributed by atoms with Gasteiger partial charge in [0, 0.05) is 10.9 Å². The van der Waals surface area contributed by atoms with E-state index in [9.17, 15) is 13.9 Å². The minimum atomic E-state index is -0.475. The van der Waals surface area contributed by atoms with Gasteiger partial charge in [-0.2, -0.15) is 0 Å². The molecule has 3 aromatic carbocycles. The molecule has 0 saturated carbocycles. The SMILES string of the molecule is CCc1ccc(-c2cc(F)c3cc(O)ccc3c2)c(F)c1. The average Bonchev–Trinajstić information content (AvgIpc) is 2.47. The molecule has 0 heterocycles. The maximum absolute atomic E-state index is 14.2. The third kappa shape index (κ3) is 2.47. The number of fused-ring (bicyclic) bond motifs is 1. The van der Waals surface area contributed by atoms with Crippen LogP contribution in [-0.4, -0.2) is 5.11 Å². The summed E-state index contributed by atoms with van der Waals surface area (Å²) in [5.74, 6) is -0.822. The fourth-order valence-corrected chi connectivity index (χ4v) is 2.47. The molecule has 106 valence electrons. The predicted molar refractivity (Wildman–Crippen MR) is 80.3 cm³/mol. The molecule has 3 aromatic rings. The molecular formula is C18H14F2O. The van der Waals surface area contributed by atoms with Crippen molar-refractivity contribution in [3.63, 3.8) is 0 Å². The summed E-state index contributed by atoms with van der Waals surface area (Å²) in [7, 11) is 0. The van der Waals surface area contributed by atoms with Gasteiger partial charge in [0.15, 0.2) is 0 Å². The van der Waals surface area contributed by atoms with E-state index in [-0.39, 0.29) is 11.6 Å². The van der Waals surface area contributed by atoms with Crippen molar-refractivity contribution in [1.29, 1.82) is 0 Å². The molecule has 0 radical (unpaired) electrons. The molecule has 0 unspecified atom stereocenters. The standard InChI is InChI=1S/C18H14F2O/c1-2-11-3-6-15(17(19)7-11)13-8-12-4-5-14(21)10-16(12)18(20)9-13/h3-10,21H,2H2,1H3. The number of benzene rings is 3. The molecule has 3 rings (SSSR count). The van der Waals surface area contributed by atoms with Gasteiger partial charge in [-0.1, -0.05) is 25.1 Å². The molecule has 0 aliphatic carbocycles. The molecule has 0 bridgehead atoms. The Morgan fingerprint density at radius 1 is 0.905 bits per heavy atom. The Labute approximate surface area is 121 Å². The molecule has 0 amide bonds. The normalized spacial score (nSPS) is 11.0. The highest BCUT2D eigenvalue weighted by Gasteiger charge is 2.10. The predicted octanol–water partition coefficient (Wildman–Crippen LogP) is 5.05. The van der Waals surface area contributed by atoms with Gasteiger partial charge in [0.05, 0.1) is 0 Å². The summed E-state index contributed by atoms with van der Waals surface area (Å²) < 4.78 is 28.3. The van der Waals surface area contributed by atoms with E-state index >= 15 is 0 Å². The number of aryl methyl sites for hydroxylation is 1. The first-order valence-electron chi connectivity index (χ1n) is 6.79. The summed E-state index contributed by atoms with van der Waals surface area (Å²) in [6, 6.07) is 12.5. The van der Waals surface area contributed by atoms with E-state index in [1.807, 2.05) is 13.0 Å². The van der Waals surface area contributed by atoms with E-state index in [2.05, 4.69) is 0 Å². The van der Waals surface area contributed by atoms with Gasteiger partial charge in [0.1, 0.15) is 17.4 Å². The molecule has 0 fully saturated rings. The lowest BCUT2D eigenvalue weighted by molar-refractivity contribution is 0.476. The number of hydrogen-bond donors (Lipinski definition) is 1. The minimum absolute atomic E-state index is 0.00706. The van der Waals surface area contributed by atoms with Crippen LogP contribution in [0.1, 0.15) is 12.5 Å². The molecule has 0 aromatic heterocycles. The van der Waals surface area contributed by atoms with Crippen LogP contribution in [0.5, 0.6) is 5.75 Å². The van der Waals surface area contributed by atoms with Crippen molar-refractivity contribution in [3.8, 4) is 16.9 Å². The lowest BCUT2D eigenvalue weighted by atomic mass is 9.98. The van der Waals surface area contributed by atoms with E-state index < -0.39 is 5.82 Å². The second-order valence-electron chi connectivity index (χ2n) is 5.03. The maximum atomic E-state index is 14.2. The van der Waals surface area contributed by atoms with Crippen LogP contribution in [0.15, 0.2) is 48.5 Å². The molecule has 1 N–H and O–H groups in total. The Morgan fingerprint density at radius 2 is 1.71 bits per heavy atom. The van der Waals surface area contributed by atoms with Gasteiger partial charge in [-0.25, -0.2) is 8.78 Å². The zero-order valence-electron chi connectivity index (χ0n) is 11.5. The second-order valence-corrected chi connectivity index (χ2v) is 5.03. The highest BCUT2D eigenvalue weighted by molar-refractivity contribution is 5.89. The van der Waals surface area contributed by atoms with Crippen LogP contribution in [0.2, 0.25) is 0 Å². The molecule has 0 aliphatic rings. The highest BCUT2D eigenvalue weighted by Crippen LogP contribution is 2.30. The first-order valence-corrected chi connectivity index (χ1v) is 6.79. The highest BCUT2D eigenvalue weighted by atomic mass is 19.1. The molecule has 0 aliphatic heterocycles. The summed E-state index contributed by atoms with van der Waals surface area (Å²) in [6.07, 6.45) is 0.753. The molecular weight excluding hydrogens is 270 g/mol. The van der Waals surface area contributed by atoms with E-state index in [1.165, 1.54) is 24.3 Å². The Balaban J connectivity index is 2.19. The molecule has 1 nitrogen and oxygen atoms in total. The number of rotatable bonds is 2. The van der Waals surface area contributed by atoms with Crippen molar-refractivity contribution in [2.45, 2.75) is 13.3 Å². The summed E-state index contributed by atoms with van der Waals surface area (Å²) in [6.45, 7) is 1.95. The second kappa shape index (κ2) is 5.17. The lowest BCUT2D eigenvalue weighted by Crippen LogP contribution is -1.90. The lowest BCUT2D eigenvalue weighted by Gasteiger charge is -2.08. The summed E-state index contributed by atoms with van der Waals surface area (Å²) in [5.41, 5.74) is 1.77.